The smallest absolute Gasteiger partial charge is 0.252 e. The van der Waals surface area contributed by atoms with Gasteiger partial charge in [-0.25, -0.2) is 0 Å². The molecule has 1 fully saturated rings. The zero-order chi connectivity index (χ0) is 18.6. The number of nitrogens with two attached hydrogens (primary N) is 1. The molecule has 0 unspecified atom stereocenters. The van der Waals surface area contributed by atoms with E-state index in [9.17, 15) is 4.79 Å². The molecule has 1 saturated heterocycles. The lowest BCUT2D eigenvalue weighted by molar-refractivity contribution is 0.0487. The molecule has 6 heteroatoms. The van der Waals surface area contributed by atoms with Gasteiger partial charge in [-0.2, -0.15) is 0 Å². The predicted octanol–water partition coefficient (Wildman–Crippen LogP) is 3.41. The third kappa shape index (κ3) is 3.94. The van der Waals surface area contributed by atoms with Gasteiger partial charge in [0, 0.05) is 30.9 Å². The SMILES string of the molecule is COc1ccc(C2(CNC(=O)c3ccc(N)cc3Cl)CCOCC2)cc1. The van der Waals surface area contributed by atoms with Gasteiger partial charge in [0.1, 0.15) is 5.75 Å². The van der Waals surface area contributed by atoms with E-state index in [1.807, 2.05) is 12.1 Å². The molecule has 1 heterocycles. The molecule has 0 bridgehead atoms. The molecular weight excluding hydrogens is 352 g/mol. The first kappa shape index (κ1) is 18.5. The quantitative estimate of drug-likeness (QED) is 0.786. The van der Waals surface area contributed by atoms with Crippen LogP contribution in [-0.4, -0.2) is 32.8 Å². The van der Waals surface area contributed by atoms with Crippen molar-refractivity contribution in [3.63, 3.8) is 0 Å². The first-order valence-electron chi connectivity index (χ1n) is 8.60. The van der Waals surface area contributed by atoms with Crippen molar-refractivity contribution in [2.45, 2.75) is 18.3 Å². The highest BCUT2D eigenvalue weighted by molar-refractivity contribution is 6.34. The molecule has 1 amide bonds. The van der Waals surface area contributed by atoms with Crippen LogP contribution in [0.4, 0.5) is 5.69 Å². The van der Waals surface area contributed by atoms with Crippen molar-refractivity contribution in [2.24, 2.45) is 0 Å². The van der Waals surface area contributed by atoms with Crippen LogP contribution in [0.1, 0.15) is 28.8 Å². The van der Waals surface area contributed by atoms with Crippen LogP contribution in [0.2, 0.25) is 5.02 Å². The number of hydrogen-bond acceptors (Lipinski definition) is 4. The Morgan fingerprint density at radius 2 is 1.92 bits per heavy atom. The molecular formula is C20H23ClN2O3. The van der Waals surface area contributed by atoms with Crippen LogP contribution < -0.4 is 15.8 Å². The standard InChI is InChI=1S/C20H23ClN2O3/c1-25-16-5-2-14(3-6-16)20(8-10-26-11-9-20)13-23-19(24)17-7-4-15(22)12-18(17)21/h2-7,12H,8-11,13,22H2,1H3,(H,23,24). The molecule has 138 valence electrons. The number of hydrogen-bond donors (Lipinski definition) is 2. The Kier molecular flexibility index (Phi) is 5.69. The summed E-state index contributed by atoms with van der Waals surface area (Å²) in [6.07, 6.45) is 1.68. The molecule has 26 heavy (non-hydrogen) atoms. The Hall–Kier alpha value is -2.24. The van der Waals surface area contributed by atoms with Crippen molar-refractivity contribution in [1.29, 1.82) is 0 Å². The maximum Gasteiger partial charge on any atom is 0.252 e. The van der Waals surface area contributed by atoms with Crippen molar-refractivity contribution in [1.82, 2.24) is 5.32 Å². The van der Waals surface area contributed by atoms with Gasteiger partial charge < -0.3 is 20.5 Å². The van der Waals surface area contributed by atoms with Crippen LogP contribution in [0, 0.1) is 0 Å². The maximum atomic E-state index is 12.6. The fourth-order valence-electron chi connectivity index (χ4n) is 3.33. The van der Waals surface area contributed by atoms with Gasteiger partial charge in [-0.3, -0.25) is 4.79 Å². The predicted molar refractivity (Wildman–Crippen MR) is 103 cm³/mol. The molecule has 2 aromatic rings. The summed E-state index contributed by atoms with van der Waals surface area (Å²) in [5.41, 5.74) is 7.67. The monoisotopic (exact) mass is 374 g/mol. The molecule has 3 N–H and O–H groups in total. The molecule has 0 aliphatic carbocycles. The third-order valence-electron chi connectivity index (χ3n) is 4.98. The van der Waals surface area contributed by atoms with Crippen molar-refractivity contribution in [3.8, 4) is 5.75 Å². The Morgan fingerprint density at radius 1 is 1.23 bits per heavy atom. The van der Waals surface area contributed by atoms with Crippen LogP contribution >= 0.6 is 11.6 Å². The van der Waals surface area contributed by atoms with Crippen molar-refractivity contribution in [3.05, 3.63) is 58.6 Å². The average molecular weight is 375 g/mol. The van der Waals surface area contributed by atoms with Crippen LogP contribution in [0.3, 0.4) is 0 Å². The van der Waals surface area contributed by atoms with E-state index in [-0.39, 0.29) is 11.3 Å². The highest BCUT2D eigenvalue weighted by Gasteiger charge is 2.35. The number of carbonyl (C=O) groups is 1. The minimum atomic E-state index is -0.200. The number of rotatable bonds is 5. The van der Waals surface area contributed by atoms with E-state index in [0.29, 0.717) is 36.0 Å². The molecule has 0 spiro atoms. The number of carbonyl (C=O) groups excluding carboxylic acids is 1. The highest BCUT2D eigenvalue weighted by Crippen LogP contribution is 2.35. The minimum Gasteiger partial charge on any atom is -0.497 e. The summed E-state index contributed by atoms with van der Waals surface area (Å²) in [6.45, 7) is 1.86. The number of nitrogens with one attached hydrogen (secondary N) is 1. The van der Waals surface area contributed by atoms with E-state index in [0.717, 1.165) is 18.6 Å². The van der Waals surface area contributed by atoms with Gasteiger partial charge in [0.05, 0.1) is 17.7 Å². The van der Waals surface area contributed by atoms with Gasteiger partial charge in [-0.1, -0.05) is 23.7 Å². The summed E-state index contributed by atoms with van der Waals surface area (Å²) in [5.74, 6) is 0.614. The lowest BCUT2D eigenvalue weighted by atomic mass is 9.74. The van der Waals surface area contributed by atoms with E-state index >= 15 is 0 Å². The fourth-order valence-corrected chi connectivity index (χ4v) is 3.61. The number of anilines is 1. The summed E-state index contributed by atoms with van der Waals surface area (Å²) < 4.78 is 10.8. The van der Waals surface area contributed by atoms with E-state index in [4.69, 9.17) is 26.8 Å². The van der Waals surface area contributed by atoms with Crippen LogP contribution in [-0.2, 0) is 10.2 Å². The fraction of sp³-hybridized carbons (Fsp3) is 0.350. The van der Waals surface area contributed by atoms with Gasteiger partial charge in [-0.15, -0.1) is 0 Å². The van der Waals surface area contributed by atoms with Gasteiger partial charge in [0.25, 0.3) is 5.91 Å². The van der Waals surface area contributed by atoms with Crippen LogP contribution in [0.5, 0.6) is 5.75 Å². The number of amides is 1. The zero-order valence-corrected chi connectivity index (χ0v) is 15.5. The van der Waals surface area contributed by atoms with Crippen LogP contribution in [0.25, 0.3) is 0 Å². The van der Waals surface area contributed by atoms with Gasteiger partial charge >= 0.3 is 0 Å². The molecule has 1 aliphatic rings. The lowest BCUT2D eigenvalue weighted by Crippen LogP contribution is -2.44. The van der Waals surface area contributed by atoms with Gasteiger partial charge in [0.2, 0.25) is 0 Å². The summed E-state index contributed by atoms with van der Waals surface area (Å²) in [7, 11) is 1.65. The number of methoxy groups -OCH3 is 1. The average Bonchev–Trinajstić information content (AvgIpc) is 2.67. The minimum absolute atomic E-state index is 0.166. The Morgan fingerprint density at radius 3 is 2.54 bits per heavy atom. The van der Waals surface area contributed by atoms with E-state index in [1.54, 1.807) is 25.3 Å². The topological polar surface area (TPSA) is 73.6 Å². The van der Waals surface area contributed by atoms with Gasteiger partial charge in [-0.05, 0) is 48.7 Å². The normalized spacial score (nSPS) is 16.1. The zero-order valence-electron chi connectivity index (χ0n) is 14.8. The Labute approximate surface area is 158 Å². The van der Waals surface area contributed by atoms with E-state index in [1.165, 1.54) is 5.56 Å². The van der Waals surface area contributed by atoms with Crippen molar-refractivity contribution < 1.29 is 14.3 Å². The van der Waals surface area contributed by atoms with Crippen LogP contribution in [0.15, 0.2) is 42.5 Å². The van der Waals surface area contributed by atoms with Crippen molar-refractivity contribution >= 4 is 23.2 Å². The largest absolute Gasteiger partial charge is 0.497 e. The number of ether oxygens (including phenoxy) is 2. The van der Waals surface area contributed by atoms with Gasteiger partial charge in [0.15, 0.2) is 0 Å². The second-order valence-corrected chi connectivity index (χ2v) is 6.95. The summed E-state index contributed by atoms with van der Waals surface area (Å²) >= 11 is 6.16. The molecule has 2 aromatic carbocycles. The summed E-state index contributed by atoms with van der Waals surface area (Å²) in [5, 5.41) is 3.40. The third-order valence-corrected chi connectivity index (χ3v) is 5.29. The number of halogens is 1. The first-order valence-corrected chi connectivity index (χ1v) is 8.97. The molecule has 1 aliphatic heterocycles. The Bertz CT molecular complexity index is 771. The summed E-state index contributed by atoms with van der Waals surface area (Å²) in [4.78, 5) is 12.6. The van der Waals surface area contributed by atoms with E-state index in [2.05, 4.69) is 17.4 Å². The molecule has 5 nitrogen and oxygen atoms in total. The number of nitrogen functional groups attached to an aromatic ring is 1. The lowest BCUT2D eigenvalue weighted by Gasteiger charge is -2.38. The highest BCUT2D eigenvalue weighted by atomic mass is 35.5. The maximum absolute atomic E-state index is 12.6. The summed E-state index contributed by atoms with van der Waals surface area (Å²) in [6, 6.07) is 12.9. The molecule has 0 aromatic heterocycles. The second-order valence-electron chi connectivity index (χ2n) is 6.54. The molecule has 0 saturated carbocycles. The molecule has 0 radical (unpaired) electrons. The van der Waals surface area contributed by atoms with Crippen molar-refractivity contribution in [2.75, 3.05) is 32.6 Å². The van der Waals surface area contributed by atoms with E-state index < -0.39 is 0 Å². The second kappa shape index (κ2) is 7.98. The number of benzene rings is 2. The Balaban J connectivity index is 1.79. The molecule has 3 rings (SSSR count). The molecule has 0 atom stereocenters. The first-order chi connectivity index (χ1) is 12.5.